The van der Waals surface area contributed by atoms with Gasteiger partial charge in [-0.3, -0.25) is 0 Å². The molecule has 0 fully saturated rings. The maximum atomic E-state index is 5.99. The molecule has 108 valence electrons. The number of fused-ring (bicyclic) bond motifs is 1. The number of benzene rings is 2. The second-order valence-electron chi connectivity index (χ2n) is 5.47. The summed E-state index contributed by atoms with van der Waals surface area (Å²) >= 11 is 0. The van der Waals surface area contributed by atoms with E-state index < -0.39 is 5.72 Å². The molecule has 0 N–H and O–H groups in total. The van der Waals surface area contributed by atoms with Crippen molar-refractivity contribution in [3.63, 3.8) is 0 Å². The van der Waals surface area contributed by atoms with E-state index in [2.05, 4.69) is 12.1 Å². The molecule has 2 aromatic rings. The van der Waals surface area contributed by atoms with Crippen LogP contribution in [0, 0.1) is 0 Å². The second-order valence-corrected chi connectivity index (χ2v) is 5.47. The van der Waals surface area contributed by atoms with Crippen molar-refractivity contribution >= 4 is 5.71 Å². The fraction of sp³-hybridized carbons (Fsp3) is 0.278. The Balaban J connectivity index is 2.11. The Morgan fingerprint density at radius 2 is 1.86 bits per heavy atom. The summed E-state index contributed by atoms with van der Waals surface area (Å²) in [5, 5.41) is 0. The molecule has 0 aromatic heterocycles. The van der Waals surface area contributed by atoms with Crippen LogP contribution in [0.2, 0.25) is 0 Å². The van der Waals surface area contributed by atoms with E-state index in [0.717, 1.165) is 28.3 Å². The zero-order chi connectivity index (χ0) is 14.9. The maximum absolute atomic E-state index is 5.99. The molecule has 1 heterocycles. The van der Waals surface area contributed by atoms with Crippen LogP contribution < -0.4 is 9.47 Å². The number of nitrogens with zero attached hydrogens (tertiary/aromatic N) is 1. The Hall–Kier alpha value is -2.29. The van der Waals surface area contributed by atoms with E-state index in [0.29, 0.717) is 6.61 Å². The van der Waals surface area contributed by atoms with Crippen LogP contribution in [-0.4, -0.2) is 18.0 Å². The minimum atomic E-state index is -0.580. The van der Waals surface area contributed by atoms with Crippen molar-refractivity contribution in [3.05, 3.63) is 59.7 Å². The SMILES string of the molecule is CCOc1ccc2c(c1)OC(C)(C)N=C2c1ccccc1. The van der Waals surface area contributed by atoms with Gasteiger partial charge >= 0.3 is 0 Å². The van der Waals surface area contributed by atoms with Crippen molar-refractivity contribution in [1.82, 2.24) is 0 Å². The zero-order valence-electron chi connectivity index (χ0n) is 12.6. The van der Waals surface area contributed by atoms with E-state index in [-0.39, 0.29) is 0 Å². The van der Waals surface area contributed by atoms with Crippen LogP contribution >= 0.6 is 0 Å². The first-order valence-electron chi connectivity index (χ1n) is 7.20. The summed E-state index contributed by atoms with van der Waals surface area (Å²) in [4.78, 5) is 4.76. The molecular weight excluding hydrogens is 262 g/mol. The number of hydrogen-bond acceptors (Lipinski definition) is 3. The average molecular weight is 281 g/mol. The van der Waals surface area contributed by atoms with Gasteiger partial charge in [0.25, 0.3) is 0 Å². The van der Waals surface area contributed by atoms with Crippen molar-refractivity contribution in [3.8, 4) is 11.5 Å². The summed E-state index contributed by atoms with van der Waals surface area (Å²) in [6.07, 6.45) is 0. The molecule has 3 nitrogen and oxygen atoms in total. The van der Waals surface area contributed by atoms with Gasteiger partial charge in [-0.25, -0.2) is 4.99 Å². The Morgan fingerprint density at radius 1 is 1.10 bits per heavy atom. The largest absolute Gasteiger partial charge is 0.494 e. The third kappa shape index (κ3) is 2.77. The van der Waals surface area contributed by atoms with Crippen molar-refractivity contribution in [2.45, 2.75) is 26.5 Å². The van der Waals surface area contributed by atoms with Crippen LogP contribution in [0.3, 0.4) is 0 Å². The number of aliphatic imine (C=N–C) groups is 1. The molecule has 0 saturated heterocycles. The van der Waals surface area contributed by atoms with E-state index in [1.54, 1.807) is 0 Å². The van der Waals surface area contributed by atoms with Crippen LogP contribution in [0.25, 0.3) is 0 Å². The molecule has 21 heavy (non-hydrogen) atoms. The minimum absolute atomic E-state index is 0.580. The highest BCUT2D eigenvalue weighted by atomic mass is 16.5. The van der Waals surface area contributed by atoms with E-state index in [9.17, 15) is 0 Å². The van der Waals surface area contributed by atoms with Gasteiger partial charge < -0.3 is 9.47 Å². The summed E-state index contributed by atoms with van der Waals surface area (Å²) in [5.74, 6) is 1.64. The summed E-state index contributed by atoms with van der Waals surface area (Å²) < 4.78 is 11.6. The fourth-order valence-corrected chi connectivity index (χ4v) is 2.48. The lowest BCUT2D eigenvalue weighted by atomic mass is 9.99. The lowest BCUT2D eigenvalue weighted by Gasteiger charge is -2.30. The standard InChI is InChI=1S/C18H19NO2/c1-4-20-14-10-11-15-16(12-14)21-18(2,3)19-17(15)13-8-6-5-7-9-13/h5-12H,4H2,1-3H3. The first-order chi connectivity index (χ1) is 10.1. The van der Waals surface area contributed by atoms with Gasteiger partial charge in [0, 0.05) is 17.2 Å². The van der Waals surface area contributed by atoms with Gasteiger partial charge in [-0.15, -0.1) is 0 Å². The molecule has 1 aliphatic rings. The molecule has 3 rings (SSSR count). The van der Waals surface area contributed by atoms with Gasteiger partial charge in [0.05, 0.1) is 12.3 Å². The Labute approximate surface area is 125 Å². The second kappa shape index (κ2) is 5.24. The van der Waals surface area contributed by atoms with Gasteiger partial charge in [0.1, 0.15) is 11.5 Å². The molecule has 3 heteroatoms. The number of ether oxygens (including phenoxy) is 2. The van der Waals surface area contributed by atoms with Crippen molar-refractivity contribution in [2.24, 2.45) is 4.99 Å². The zero-order valence-corrected chi connectivity index (χ0v) is 12.6. The van der Waals surface area contributed by atoms with E-state index >= 15 is 0 Å². The maximum Gasteiger partial charge on any atom is 0.195 e. The summed E-state index contributed by atoms with van der Waals surface area (Å²) in [5.41, 5.74) is 2.48. The molecule has 0 spiro atoms. The molecular formula is C18H19NO2. The van der Waals surface area contributed by atoms with Gasteiger partial charge in [-0.2, -0.15) is 0 Å². The van der Waals surface area contributed by atoms with Crippen LogP contribution in [0.1, 0.15) is 31.9 Å². The van der Waals surface area contributed by atoms with Crippen LogP contribution in [0.5, 0.6) is 11.5 Å². The highest BCUT2D eigenvalue weighted by Crippen LogP contribution is 2.35. The summed E-state index contributed by atoms with van der Waals surface area (Å²) in [6.45, 7) is 6.54. The smallest absolute Gasteiger partial charge is 0.195 e. The third-order valence-electron chi connectivity index (χ3n) is 3.31. The highest BCUT2D eigenvalue weighted by molar-refractivity contribution is 6.15. The third-order valence-corrected chi connectivity index (χ3v) is 3.31. The first kappa shape index (κ1) is 13.7. The molecule has 0 bridgehead atoms. The van der Waals surface area contributed by atoms with E-state index in [4.69, 9.17) is 14.5 Å². The molecule has 0 radical (unpaired) electrons. The fourth-order valence-electron chi connectivity index (χ4n) is 2.48. The quantitative estimate of drug-likeness (QED) is 0.849. The molecule has 1 aliphatic heterocycles. The number of hydrogen-bond donors (Lipinski definition) is 0. The molecule has 2 aromatic carbocycles. The van der Waals surface area contributed by atoms with Crippen LogP contribution in [0.15, 0.2) is 53.5 Å². The van der Waals surface area contributed by atoms with Gasteiger partial charge in [0.15, 0.2) is 5.72 Å². The minimum Gasteiger partial charge on any atom is -0.494 e. The average Bonchev–Trinajstić information content (AvgIpc) is 2.46. The van der Waals surface area contributed by atoms with Crippen LogP contribution in [0.4, 0.5) is 0 Å². The lowest BCUT2D eigenvalue weighted by molar-refractivity contribution is 0.115. The normalized spacial score (nSPS) is 15.7. The molecule has 0 amide bonds. The highest BCUT2D eigenvalue weighted by Gasteiger charge is 2.28. The van der Waals surface area contributed by atoms with Crippen molar-refractivity contribution in [2.75, 3.05) is 6.61 Å². The monoisotopic (exact) mass is 281 g/mol. The Bertz CT molecular complexity index is 675. The molecule has 0 unspecified atom stereocenters. The molecule has 0 atom stereocenters. The van der Waals surface area contributed by atoms with Crippen molar-refractivity contribution in [1.29, 1.82) is 0 Å². The molecule has 0 saturated carbocycles. The van der Waals surface area contributed by atoms with Gasteiger partial charge in [-0.1, -0.05) is 30.3 Å². The number of rotatable bonds is 3. The summed E-state index contributed by atoms with van der Waals surface area (Å²) in [6, 6.07) is 16.1. The van der Waals surface area contributed by atoms with E-state index in [1.165, 1.54) is 0 Å². The topological polar surface area (TPSA) is 30.8 Å². The first-order valence-corrected chi connectivity index (χ1v) is 7.20. The Kier molecular flexibility index (Phi) is 3.42. The van der Waals surface area contributed by atoms with Crippen molar-refractivity contribution < 1.29 is 9.47 Å². The lowest BCUT2D eigenvalue weighted by Crippen LogP contribution is -2.32. The Morgan fingerprint density at radius 3 is 2.57 bits per heavy atom. The van der Waals surface area contributed by atoms with Gasteiger partial charge in [-0.05, 0) is 32.9 Å². The predicted octanol–water partition coefficient (Wildman–Crippen LogP) is 4.05. The summed E-state index contributed by atoms with van der Waals surface area (Å²) in [7, 11) is 0. The van der Waals surface area contributed by atoms with E-state index in [1.807, 2.05) is 57.2 Å². The predicted molar refractivity (Wildman–Crippen MR) is 84.4 cm³/mol. The van der Waals surface area contributed by atoms with Crippen LogP contribution in [-0.2, 0) is 0 Å². The van der Waals surface area contributed by atoms with Gasteiger partial charge in [0.2, 0.25) is 0 Å². The molecule has 0 aliphatic carbocycles.